The summed E-state index contributed by atoms with van der Waals surface area (Å²) in [6.07, 6.45) is 5.65. The summed E-state index contributed by atoms with van der Waals surface area (Å²) in [4.78, 5) is 30.2. The standard InChI is InChI=1S/C27H30N4O4/c1-34-24-8-2-5-21(13-24)15-29-16-25(35-19-20-9-10-20)17-30(18-26(29)32)27(33)22-6-3-7-23(14-22)31-12-4-11-28-31/h2-8,11-14,20,25H,9-10,15-19H2,1H3. The van der Waals surface area contributed by atoms with E-state index in [9.17, 15) is 9.59 Å². The summed E-state index contributed by atoms with van der Waals surface area (Å²) in [5, 5.41) is 4.25. The van der Waals surface area contributed by atoms with Crippen molar-refractivity contribution < 1.29 is 19.1 Å². The van der Waals surface area contributed by atoms with Gasteiger partial charge in [-0.05, 0) is 60.7 Å². The van der Waals surface area contributed by atoms with E-state index in [2.05, 4.69) is 5.10 Å². The number of hydrogen-bond acceptors (Lipinski definition) is 5. The van der Waals surface area contributed by atoms with Gasteiger partial charge in [-0.25, -0.2) is 4.68 Å². The van der Waals surface area contributed by atoms with Crippen molar-refractivity contribution in [3.8, 4) is 11.4 Å². The minimum Gasteiger partial charge on any atom is -0.497 e. The van der Waals surface area contributed by atoms with Crippen LogP contribution in [0.2, 0.25) is 0 Å². The number of rotatable bonds is 8. The predicted octanol–water partition coefficient (Wildman–Crippen LogP) is 3.16. The van der Waals surface area contributed by atoms with Gasteiger partial charge in [0.05, 0.1) is 18.9 Å². The zero-order valence-corrected chi connectivity index (χ0v) is 19.9. The van der Waals surface area contributed by atoms with E-state index in [1.807, 2.05) is 48.7 Å². The van der Waals surface area contributed by atoms with E-state index in [0.717, 1.165) is 17.0 Å². The highest BCUT2D eigenvalue weighted by molar-refractivity contribution is 5.97. The summed E-state index contributed by atoms with van der Waals surface area (Å²) >= 11 is 0. The summed E-state index contributed by atoms with van der Waals surface area (Å²) in [7, 11) is 1.63. The third-order valence-electron chi connectivity index (χ3n) is 6.45. The Morgan fingerprint density at radius 3 is 2.71 bits per heavy atom. The number of methoxy groups -OCH3 is 1. The van der Waals surface area contributed by atoms with Gasteiger partial charge in [-0.1, -0.05) is 18.2 Å². The number of nitrogens with zero attached hydrogens (tertiary/aromatic N) is 4. The molecule has 1 saturated heterocycles. The monoisotopic (exact) mass is 474 g/mol. The number of amides is 2. The Balaban J connectivity index is 1.35. The van der Waals surface area contributed by atoms with Gasteiger partial charge in [-0.3, -0.25) is 9.59 Å². The van der Waals surface area contributed by atoms with E-state index in [1.54, 1.807) is 39.9 Å². The molecule has 35 heavy (non-hydrogen) atoms. The van der Waals surface area contributed by atoms with Crippen molar-refractivity contribution in [3.63, 3.8) is 0 Å². The lowest BCUT2D eigenvalue weighted by molar-refractivity contribution is -0.132. The van der Waals surface area contributed by atoms with Crippen LogP contribution in [0.5, 0.6) is 5.75 Å². The molecule has 2 aromatic carbocycles. The van der Waals surface area contributed by atoms with E-state index in [4.69, 9.17) is 9.47 Å². The van der Waals surface area contributed by atoms with E-state index in [-0.39, 0.29) is 24.5 Å². The quantitative estimate of drug-likeness (QED) is 0.501. The first-order chi connectivity index (χ1) is 17.1. The second-order valence-electron chi connectivity index (χ2n) is 9.21. The highest BCUT2D eigenvalue weighted by Crippen LogP contribution is 2.29. The number of aromatic nitrogens is 2. The van der Waals surface area contributed by atoms with Gasteiger partial charge in [0.1, 0.15) is 12.3 Å². The maximum absolute atomic E-state index is 13.5. The molecule has 0 bridgehead atoms. The van der Waals surface area contributed by atoms with Gasteiger partial charge in [-0.15, -0.1) is 0 Å². The average Bonchev–Trinajstić information content (AvgIpc) is 3.58. The molecule has 1 aliphatic carbocycles. The lowest BCUT2D eigenvalue weighted by Gasteiger charge is -2.25. The number of carbonyl (C=O) groups is 2. The fourth-order valence-corrected chi connectivity index (χ4v) is 4.33. The van der Waals surface area contributed by atoms with Gasteiger partial charge in [-0.2, -0.15) is 5.10 Å². The minimum atomic E-state index is -0.245. The van der Waals surface area contributed by atoms with Gasteiger partial charge in [0.25, 0.3) is 5.91 Å². The summed E-state index contributed by atoms with van der Waals surface area (Å²) in [5.41, 5.74) is 2.29. The molecule has 1 saturated carbocycles. The van der Waals surface area contributed by atoms with Gasteiger partial charge >= 0.3 is 0 Å². The normalized spacial score (nSPS) is 18.4. The Bertz CT molecular complexity index is 1180. The Kier molecular flexibility index (Phi) is 6.81. The van der Waals surface area contributed by atoms with Crippen molar-refractivity contribution in [1.82, 2.24) is 19.6 Å². The van der Waals surface area contributed by atoms with E-state index in [1.165, 1.54) is 12.8 Å². The first kappa shape index (κ1) is 23.1. The van der Waals surface area contributed by atoms with Crippen molar-refractivity contribution in [3.05, 3.63) is 78.1 Å². The molecule has 3 aromatic rings. The fourth-order valence-electron chi connectivity index (χ4n) is 4.33. The van der Waals surface area contributed by atoms with Gasteiger partial charge in [0, 0.05) is 44.2 Å². The zero-order chi connectivity index (χ0) is 24.2. The first-order valence-corrected chi connectivity index (χ1v) is 12.0. The predicted molar refractivity (Wildman–Crippen MR) is 130 cm³/mol. The molecular formula is C27H30N4O4. The van der Waals surface area contributed by atoms with Crippen LogP contribution in [0.25, 0.3) is 5.69 Å². The molecule has 5 rings (SSSR count). The maximum Gasteiger partial charge on any atom is 0.254 e. The van der Waals surface area contributed by atoms with E-state index >= 15 is 0 Å². The van der Waals surface area contributed by atoms with Crippen LogP contribution < -0.4 is 4.74 Å². The fraction of sp³-hybridized carbons (Fsp3) is 0.370. The Hall–Kier alpha value is -3.65. The lowest BCUT2D eigenvalue weighted by Crippen LogP contribution is -2.39. The molecule has 0 spiro atoms. The molecule has 1 unspecified atom stereocenters. The zero-order valence-electron chi connectivity index (χ0n) is 19.9. The molecule has 8 heteroatoms. The van der Waals surface area contributed by atoms with Gasteiger partial charge < -0.3 is 19.3 Å². The number of ether oxygens (including phenoxy) is 2. The molecule has 1 aromatic heterocycles. The topological polar surface area (TPSA) is 76.9 Å². The summed E-state index contributed by atoms with van der Waals surface area (Å²) in [6, 6.07) is 16.9. The van der Waals surface area contributed by atoms with E-state index < -0.39 is 0 Å². The molecule has 2 heterocycles. The third kappa shape index (κ3) is 5.71. The molecule has 8 nitrogen and oxygen atoms in total. The van der Waals surface area contributed by atoms with Crippen LogP contribution in [0.3, 0.4) is 0 Å². The molecule has 2 amide bonds. The lowest BCUT2D eigenvalue weighted by atomic mass is 10.1. The highest BCUT2D eigenvalue weighted by Gasteiger charge is 2.33. The van der Waals surface area contributed by atoms with Crippen molar-refractivity contribution in [2.24, 2.45) is 5.92 Å². The highest BCUT2D eigenvalue weighted by atomic mass is 16.5. The molecule has 1 aliphatic heterocycles. The van der Waals surface area contributed by atoms with E-state index in [0.29, 0.717) is 37.7 Å². The van der Waals surface area contributed by atoms with Gasteiger partial charge in [0.2, 0.25) is 5.91 Å². The van der Waals surface area contributed by atoms with Crippen LogP contribution in [0.15, 0.2) is 67.0 Å². The molecule has 0 N–H and O–H groups in total. The molecule has 2 aliphatic rings. The van der Waals surface area contributed by atoms with Crippen LogP contribution in [0.1, 0.15) is 28.8 Å². The van der Waals surface area contributed by atoms with Crippen LogP contribution >= 0.6 is 0 Å². The first-order valence-electron chi connectivity index (χ1n) is 12.0. The van der Waals surface area contributed by atoms with Crippen LogP contribution in [0, 0.1) is 5.92 Å². The third-order valence-corrected chi connectivity index (χ3v) is 6.45. The van der Waals surface area contributed by atoms with Gasteiger partial charge in [0.15, 0.2) is 0 Å². The SMILES string of the molecule is COc1cccc(CN2CC(OCC3CC3)CN(C(=O)c3cccc(-n4cccn4)c3)CC2=O)c1. The van der Waals surface area contributed by atoms with Crippen molar-refractivity contribution in [1.29, 1.82) is 0 Å². The molecular weight excluding hydrogens is 444 g/mol. The Labute approximate surface area is 205 Å². The van der Waals surface area contributed by atoms with Crippen molar-refractivity contribution in [2.75, 3.05) is 33.4 Å². The largest absolute Gasteiger partial charge is 0.497 e. The molecule has 182 valence electrons. The Morgan fingerprint density at radius 1 is 1.09 bits per heavy atom. The Morgan fingerprint density at radius 2 is 1.94 bits per heavy atom. The molecule has 0 radical (unpaired) electrons. The number of carbonyl (C=O) groups excluding carboxylic acids is 2. The van der Waals surface area contributed by atoms with Crippen LogP contribution in [0.4, 0.5) is 0 Å². The summed E-state index contributed by atoms with van der Waals surface area (Å²) < 4.78 is 13.3. The molecule has 1 atom stereocenters. The number of benzene rings is 2. The second kappa shape index (κ2) is 10.3. The summed E-state index contributed by atoms with van der Waals surface area (Å²) in [6.45, 7) is 1.94. The van der Waals surface area contributed by atoms with Crippen molar-refractivity contribution >= 4 is 11.8 Å². The number of hydrogen-bond donors (Lipinski definition) is 0. The maximum atomic E-state index is 13.5. The van der Waals surface area contributed by atoms with Crippen LogP contribution in [-0.2, 0) is 16.1 Å². The smallest absolute Gasteiger partial charge is 0.254 e. The van der Waals surface area contributed by atoms with Crippen LogP contribution in [-0.4, -0.2) is 70.8 Å². The minimum absolute atomic E-state index is 0.0120. The molecule has 2 fully saturated rings. The second-order valence-corrected chi connectivity index (χ2v) is 9.21. The average molecular weight is 475 g/mol. The summed E-state index contributed by atoms with van der Waals surface area (Å²) in [5.74, 6) is 1.06. The van der Waals surface area contributed by atoms with Crippen molar-refractivity contribution in [2.45, 2.75) is 25.5 Å².